The first-order valence-electron chi connectivity index (χ1n) is 9.46. The minimum absolute atomic E-state index is 0.0197. The molecule has 1 aliphatic heterocycles. The van der Waals surface area contributed by atoms with Crippen LogP contribution in [0.5, 0.6) is 0 Å². The van der Waals surface area contributed by atoms with Crippen LogP contribution in [0.15, 0.2) is 53.3 Å². The van der Waals surface area contributed by atoms with E-state index in [1.807, 2.05) is 47.4 Å². The molecule has 2 aromatic carbocycles. The Labute approximate surface area is 168 Å². The molecule has 0 unspecified atom stereocenters. The number of aromatic amines is 1. The Kier molecular flexibility index (Phi) is 5.09. The molecule has 0 bridgehead atoms. The highest BCUT2D eigenvalue weighted by Crippen LogP contribution is 2.36. The number of aromatic nitrogens is 1. The molecule has 1 aliphatic rings. The second kappa shape index (κ2) is 7.68. The first-order chi connectivity index (χ1) is 13.6. The van der Waals surface area contributed by atoms with E-state index in [2.05, 4.69) is 10.3 Å². The summed E-state index contributed by atoms with van der Waals surface area (Å²) < 4.78 is 0. The van der Waals surface area contributed by atoms with E-state index in [0.29, 0.717) is 17.3 Å². The molecule has 0 radical (unpaired) electrons. The average molecular weight is 396 g/mol. The number of benzene rings is 2. The lowest BCUT2D eigenvalue weighted by Crippen LogP contribution is -2.44. The summed E-state index contributed by atoms with van der Waals surface area (Å²) in [5.74, 6) is -0.108. The van der Waals surface area contributed by atoms with Crippen molar-refractivity contribution in [3.63, 3.8) is 0 Å². The van der Waals surface area contributed by atoms with Crippen LogP contribution in [0.1, 0.15) is 12.8 Å². The SMILES string of the molecule is CNC(=O)[C@@H]1CCCN(c2c(-c3ccccc3)c3cc(Cl)ccc3[nH]c2=O)C1. The maximum atomic E-state index is 13.1. The molecule has 1 atom stereocenters. The molecule has 6 heteroatoms. The van der Waals surface area contributed by atoms with Gasteiger partial charge in [0.2, 0.25) is 5.91 Å². The van der Waals surface area contributed by atoms with Crippen LogP contribution >= 0.6 is 11.6 Å². The van der Waals surface area contributed by atoms with E-state index in [1.165, 1.54) is 0 Å². The zero-order valence-electron chi connectivity index (χ0n) is 15.7. The van der Waals surface area contributed by atoms with Gasteiger partial charge < -0.3 is 15.2 Å². The number of nitrogens with one attached hydrogen (secondary N) is 2. The number of fused-ring (bicyclic) bond motifs is 1. The molecule has 28 heavy (non-hydrogen) atoms. The minimum atomic E-state index is -0.147. The molecule has 0 saturated carbocycles. The normalized spacial score (nSPS) is 16.9. The van der Waals surface area contributed by atoms with Gasteiger partial charge in [0, 0.05) is 41.6 Å². The zero-order chi connectivity index (χ0) is 19.7. The van der Waals surface area contributed by atoms with Crippen molar-refractivity contribution >= 4 is 34.1 Å². The van der Waals surface area contributed by atoms with Crippen molar-refractivity contribution in [2.45, 2.75) is 12.8 Å². The van der Waals surface area contributed by atoms with Gasteiger partial charge >= 0.3 is 0 Å². The fraction of sp³-hybridized carbons (Fsp3) is 0.273. The van der Waals surface area contributed by atoms with E-state index in [9.17, 15) is 9.59 Å². The van der Waals surface area contributed by atoms with Crippen molar-refractivity contribution in [3.8, 4) is 11.1 Å². The van der Waals surface area contributed by atoms with Gasteiger partial charge in [0.05, 0.1) is 5.92 Å². The van der Waals surface area contributed by atoms with Gasteiger partial charge in [0.15, 0.2) is 0 Å². The molecule has 1 saturated heterocycles. The van der Waals surface area contributed by atoms with Gasteiger partial charge in [-0.25, -0.2) is 0 Å². The van der Waals surface area contributed by atoms with E-state index in [1.54, 1.807) is 13.1 Å². The highest BCUT2D eigenvalue weighted by atomic mass is 35.5. The molecular weight excluding hydrogens is 374 g/mol. The van der Waals surface area contributed by atoms with Gasteiger partial charge in [0.25, 0.3) is 5.56 Å². The van der Waals surface area contributed by atoms with Gasteiger partial charge in [-0.15, -0.1) is 0 Å². The van der Waals surface area contributed by atoms with Crippen LogP contribution < -0.4 is 15.8 Å². The molecule has 0 spiro atoms. The van der Waals surface area contributed by atoms with E-state index in [4.69, 9.17) is 11.6 Å². The molecule has 0 aliphatic carbocycles. The van der Waals surface area contributed by atoms with Crippen molar-refractivity contribution in [3.05, 3.63) is 63.9 Å². The van der Waals surface area contributed by atoms with E-state index >= 15 is 0 Å². The maximum absolute atomic E-state index is 13.1. The highest BCUT2D eigenvalue weighted by Gasteiger charge is 2.29. The molecule has 1 aromatic heterocycles. The van der Waals surface area contributed by atoms with Crippen LogP contribution in [0.2, 0.25) is 5.02 Å². The van der Waals surface area contributed by atoms with Gasteiger partial charge in [-0.2, -0.15) is 0 Å². The second-order valence-electron chi connectivity index (χ2n) is 7.13. The largest absolute Gasteiger partial charge is 0.366 e. The molecule has 5 nitrogen and oxygen atoms in total. The number of carbonyl (C=O) groups excluding carboxylic acids is 1. The Morgan fingerprint density at radius 2 is 2.00 bits per heavy atom. The van der Waals surface area contributed by atoms with Crippen LogP contribution in [0.3, 0.4) is 0 Å². The molecule has 144 valence electrons. The maximum Gasteiger partial charge on any atom is 0.272 e. The Balaban J connectivity index is 1.94. The number of anilines is 1. The summed E-state index contributed by atoms with van der Waals surface area (Å²) in [6.07, 6.45) is 1.69. The minimum Gasteiger partial charge on any atom is -0.366 e. The predicted molar refractivity (Wildman–Crippen MR) is 114 cm³/mol. The highest BCUT2D eigenvalue weighted by molar-refractivity contribution is 6.31. The van der Waals surface area contributed by atoms with Crippen LogP contribution in [0.4, 0.5) is 5.69 Å². The first kappa shape index (κ1) is 18.6. The second-order valence-corrected chi connectivity index (χ2v) is 7.57. The number of rotatable bonds is 3. The van der Waals surface area contributed by atoms with Gasteiger partial charge in [-0.1, -0.05) is 41.9 Å². The molecule has 1 fully saturated rings. The average Bonchev–Trinajstić information content (AvgIpc) is 2.73. The van der Waals surface area contributed by atoms with Gasteiger partial charge in [-0.3, -0.25) is 9.59 Å². The van der Waals surface area contributed by atoms with Crippen LogP contribution in [-0.2, 0) is 4.79 Å². The lowest BCUT2D eigenvalue weighted by atomic mass is 9.94. The van der Waals surface area contributed by atoms with Crippen LogP contribution in [-0.4, -0.2) is 31.0 Å². The van der Waals surface area contributed by atoms with Gasteiger partial charge in [0.1, 0.15) is 5.69 Å². The first-order valence-corrected chi connectivity index (χ1v) is 9.84. The molecule has 3 aromatic rings. The summed E-state index contributed by atoms with van der Waals surface area (Å²) in [7, 11) is 1.65. The van der Waals surface area contributed by atoms with E-state index < -0.39 is 0 Å². The zero-order valence-corrected chi connectivity index (χ0v) is 16.4. The number of H-pyrrole nitrogens is 1. The molecule has 2 N–H and O–H groups in total. The topological polar surface area (TPSA) is 65.2 Å². The Hall–Kier alpha value is -2.79. The fourth-order valence-corrected chi connectivity index (χ4v) is 4.22. The number of pyridine rings is 1. The third kappa shape index (κ3) is 3.38. The summed E-state index contributed by atoms with van der Waals surface area (Å²) in [5, 5.41) is 4.25. The monoisotopic (exact) mass is 395 g/mol. The lowest BCUT2D eigenvalue weighted by molar-refractivity contribution is -0.124. The standard InChI is InChI=1S/C22H22ClN3O2/c1-24-21(27)15-8-5-11-26(13-15)20-19(14-6-3-2-4-7-14)17-12-16(23)9-10-18(17)25-22(20)28/h2-4,6-7,9-10,12,15H,5,8,11,13H2,1H3,(H,24,27)(H,25,28)/t15-/m1/s1. The Morgan fingerprint density at radius 1 is 1.21 bits per heavy atom. The number of hydrogen-bond acceptors (Lipinski definition) is 3. The molecule has 1 amide bonds. The number of carbonyl (C=O) groups is 1. The number of nitrogens with zero attached hydrogens (tertiary/aromatic N) is 1. The fourth-order valence-electron chi connectivity index (χ4n) is 4.05. The number of amides is 1. The Bertz CT molecular complexity index is 1080. The van der Waals surface area contributed by atoms with Crippen molar-refractivity contribution in [2.75, 3.05) is 25.0 Å². The van der Waals surface area contributed by atoms with Crippen molar-refractivity contribution < 1.29 is 4.79 Å². The summed E-state index contributed by atoms with van der Waals surface area (Å²) in [6.45, 7) is 1.26. The van der Waals surface area contributed by atoms with Gasteiger partial charge in [-0.05, 0) is 36.6 Å². The number of halogens is 1. The van der Waals surface area contributed by atoms with E-state index in [-0.39, 0.29) is 17.4 Å². The van der Waals surface area contributed by atoms with Crippen molar-refractivity contribution in [1.82, 2.24) is 10.3 Å². The molecule has 4 rings (SSSR count). The van der Waals surface area contributed by atoms with E-state index in [0.717, 1.165) is 41.4 Å². The van der Waals surface area contributed by atoms with Crippen LogP contribution in [0, 0.1) is 5.92 Å². The third-order valence-corrected chi connectivity index (χ3v) is 5.60. The summed E-state index contributed by atoms with van der Waals surface area (Å²) in [6, 6.07) is 15.4. The molecular formula is C22H22ClN3O2. The molecule has 2 heterocycles. The number of hydrogen-bond donors (Lipinski definition) is 2. The quantitative estimate of drug-likeness (QED) is 0.708. The number of piperidine rings is 1. The summed E-state index contributed by atoms with van der Waals surface area (Å²) in [5.41, 5.74) is 3.02. The smallest absolute Gasteiger partial charge is 0.272 e. The lowest BCUT2D eigenvalue weighted by Gasteiger charge is -2.34. The Morgan fingerprint density at radius 3 is 2.75 bits per heavy atom. The predicted octanol–water partition coefficient (Wildman–Crippen LogP) is 3.81. The third-order valence-electron chi connectivity index (χ3n) is 5.37. The van der Waals surface area contributed by atoms with Crippen LogP contribution in [0.25, 0.3) is 22.0 Å². The van der Waals surface area contributed by atoms with Crippen molar-refractivity contribution in [1.29, 1.82) is 0 Å². The van der Waals surface area contributed by atoms with Crippen molar-refractivity contribution in [2.24, 2.45) is 5.92 Å². The summed E-state index contributed by atoms with van der Waals surface area (Å²) in [4.78, 5) is 30.4. The summed E-state index contributed by atoms with van der Waals surface area (Å²) >= 11 is 6.28.